The molecule has 13 heavy (non-hydrogen) atoms. The molecular formula is C10H11ClO2. The molecule has 0 aliphatic heterocycles. The maximum Gasteiger partial charge on any atom is 0.169 e. The van der Waals surface area contributed by atoms with E-state index in [2.05, 4.69) is 0 Å². The number of ether oxygens (including phenoxy) is 1. The van der Waals surface area contributed by atoms with Gasteiger partial charge >= 0.3 is 0 Å². The van der Waals surface area contributed by atoms with Crippen LogP contribution >= 0.6 is 11.6 Å². The second-order valence-electron chi connectivity index (χ2n) is 2.64. The maximum absolute atomic E-state index is 10.9. The first-order valence-corrected chi connectivity index (χ1v) is 4.50. The van der Waals surface area contributed by atoms with Crippen LogP contribution in [0.1, 0.15) is 13.3 Å². The first kappa shape index (κ1) is 10.1. The average Bonchev–Trinajstić information content (AvgIpc) is 2.14. The number of carbonyl (C=O) groups is 1. The Labute approximate surface area is 82.5 Å². The largest absolute Gasteiger partial charge is 0.486 e. The molecule has 1 rings (SSSR count). The van der Waals surface area contributed by atoms with E-state index in [1.807, 2.05) is 6.92 Å². The van der Waals surface area contributed by atoms with Gasteiger partial charge in [-0.15, -0.1) is 0 Å². The van der Waals surface area contributed by atoms with Crippen LogP contribution in [0.3, 0.4) is 0 Å². The van der Waals surface area contributed by atoms with E-state index in [1.54, 1.807) is 24.3 Å². The van der Waals surface area contributed by atoms with E-state index >= 15 is 0 Å². The number of benzene rings is 1. The molecule has 1 aromatic rings. The third-order valence-corrected chi connectivity index (χ3v) is 1.83. The molecular weight excluding hydrogens is 188 g/mol. The highest BCUT2D eigenvalue weighted by Crippen LogP contribution is 2.16. The van der Waals surface area contributed by atoms with Crippen LogP contribution in [0.2, 0.25) is 5.02 Å². The smallest absolute Gasteiger partial charge is 0.169 e. The molecule has 0 spiro atoms. The van der Waals surface area contributed by atoms with Crippen molar-refractivity contribution in [2.75, 3.05) is 6.61 Å². The monoisotopic (exact) mass is 198 g/mol. The van der Waals surface area contributed by atoms with Crippen LogP contribution in [0, 0.1) is 0 Å². The van der Waals surface area contributed by atoms with Gasteiger partial charge in [0.25, 0.3) is 0 Å². The molecule has 0 aromatic heterocycles. The molecule has 0 N–H and O–H groups in total. The van der Waals surface area contributed by atoms with Crippen molar-refractivity contribution in [3.8, 4) is 5.75 Å². The van der Waals surface area contributed by atoms with E-state index in [1.165, 1.54) is 0 Å². The minimum absolute atomic E-state index is 0.0833. The van der Waals surface area contributed by atoms with Crippen LogP contribution < -0.4 is 4.74 Å². The lowest BCUT2D eigenvalue weighted by molar-refractivity contribution is -0.120. The van der Waals surface area contributed by atoms with Crippen molar-refractivity contribution < 1.29 is 9.53 Å². The fraction of sp³-hybridized carbons (Fsp3) is 0.300. The molecule has 0 amide bonds. The average molecular weight is 199 g/mol. The Balaban J connectivity index is 2.50. The number of carbonyl (C=O) groups excluding carboxylic acids is 1. The van der Waals surface area contributed by atoms with Gasteiger partial charge in [-0.05, 0) is 18.2 Å². The molecule has 0 aliphatic carbocycles. The van der Waals surface area contributed by atoms with Gasteiger partial charge in [0, 0.05) is 11.4 Å². The molecule has 0 fully saturated rings. The Hall–Kier alpha value is -1.02. The summed E-state index contributed by atoms with van der Waals surface area (Å²) in [5.41, 5.74) is 0. The highest BCUT2D eigenvalue weighted by atomic mass is 35.5. The molecule has 0 saturated carbocycles. The molecule has 0 heterocycles. The predicted molar refractivity (Wildman–Crippen MR) is 52.2 cm³/mol. The van der Waals surface area contributed by atoms with Gasteiger partial charge in [0.05, 0.1) is 0 Å². The van der Waals surface area contributed by atoms with E-state index < -0.39 is 0 Å². The number of ketones is 1. The number of halogens is 1. The van der Waals surface area contributed by atoms with Gasteiger partial charge in [0.1, 0.15) is 12.4 Å². The van der Waals surface area contributed by atoms with Crippen molar-refractivity contribution in [3.05, 3.63) is 29.3 Å². The van der Waals surface area contributed by atoms with Crippen molar-refractivity contribution in [3.63, 3.8) is 0 Å². The van der Waals surface area contributed by atoms with Crippen LogP contribution in [-0.4, -0.2) is 12.4 Å². The fourth-order valence-electron chi connectivity index (χ4n) is 0.823. The third kappa shape index (κ3) is 3.47. The van der Waals surface area contributed by atoms with Crippen molar-refractivity contribution in [2.24, 2.45) is 0 Å². The number of rotatable bonds is 4. The molecule has 0 atom stereocenters. The Morgan fingerprint density at radius 2 is 2.31 bits per heavy atom. The first-order valence-electron chi connectivity index (χ1n) is 4.12. The summed E-state index contributed by atoms with van der Waals surface area (Å²) >= 11 is 5.73. The lowest BCUT2D eigenvalue weighted by Crippen LogP contribution is -2.09. The molecule has 0 radical (unpaired) electrons. The second kappa shape index (κ2) is 4.87. The van der Waals surface area contributed by atoms with Crippen LogP contribution in [0.15, 0.2) is 24.3 Å². The highest BCUT2D eigenvalue weighted by Gasteiger charge is 1.99. The highest BCUT2D eigenvalue weighted by molar-refractivity contribution is 6.30. The molecule has 1 aromatic carbocycles. The molecule has 70 valence electrons. The first-order chi connectivity index (χ1) is 6.22. The summed E-state index contributed by atoms with van der Waals surface area (Å²) in [5.74, 6) is 0.717. The van der Waals surface area contributed by atoms with E-state index in [0.29, 0.717) is 17.2 Å². The Kier molecular flexibility index (Phi) is 3.77. The minimum Gasteiger partial charge on any atom is -0.486 e. The molecule has 0 bridgehead atoms. The topological polar surface area (TPSA) is 26.3 Å². The van der Waals surface area contributed by atoms with Crippen LogP contribution in [0.5, 0.6) is 5.75 Å². The zero-order valence-electron chi connectivity index (χ0n) is 7.42. The third-order valence-electron chi connectivity index (χ3n) is 1.59. The predicted octanol–water partition coefficient (Wildman–Crippen LogP) is 2.70. The van der Waals surface area contributed by atoms with Crippen LogP contribution in [-0.2, 0) is 4.79 Å². The van der Waals surface area contributed by atoms with E-state index in [9.17, 15) is 4.79 Å². The maximum atomic E-state index is 10.9. The quantitative estimate of drug-likeness (QED) is 0.744. The Morgan fingerprint density at radius 1 is 1.54 bits per heavy atom. The Bertz CT molecular complexity index is 297. The van der Waals surface area contributed by atoms with E-state index in [-0.39, 0.29) is 12.4 Å². The molecule has 0 aliphatic rings. The van der Waals surface area contributed by atoms with Crippen LogP contribution in [0.4, 0.5) is 0 Å². The van der Waals surface area contributed by atoms with E-state index in [4.69, 9.17) is 16.3 Å². The zero-order chi connectivity index (χ0) is 9.68. The number of hydrogen-bond donors (Lipinski definition) is 0. The lowest BCUT2D eigenvalue weighted by Gasteiger charge is -2.03. The van der Waals surface area contributed by atoms with Crippen molar-refractivity contribution in [1.29, 1.82) is 0 Å². The fourth-order valence-corrected chi connectivity index (χ4v) is 1.00. The van der Waals surface area contributed by atoms with Crippen molar-refractivity contribution in [2.45, 2.75) is 13.3 Å². The van der Waals surface area contributed by atoms with Gasteiger partial charge < -0.3 is 4.74 Å². The molecule has 0 unspecified atom stereocenters. The van der Waals surface area contributed by atoms with E-state index in [0.717, 1.165) is 0 Å². The SMILES string of the molecule is CCC(=O)COc1cccc(Cl)c1. The van der Waals surface area contributed by atoms with Gasteiger partial charge in [0.15, 0.2) is 5.78 Å². The summed E-state index contributed by atoms with van der Waals surface area (Å²) in [7, 11) is 0. The summed E-state index contributed by atoms with van der Waals surface area (Å²) < 4.78 is 5.21. The van der Waals surface area contributed by atoms with Gasteiger partial charge in [-0.3, -0.25) is 4.79 Å². The Morgan fingerprint density at radius 3 is 2.92 bits per heavy atom. The van der Waals surface area contributed by atoms with Crippen LogP contribution in [0.25, 0.3) is 0 Å². The number of Topliss-reactive ketones (excluding diaryl/α,β-unsaturated/α-hetero) is 1. The lowest BCUT2D eigenvalue weighted by atomic mass is 10.3. The standard InChI is InChI=1S/C10H11ClO2/c1-2-9(12)7-13-10-5-3-4-8(11)6-10/h3-6H,2,7H2,1H3. The van der Waals surface area contributed by atoms with Crippen molar-refractivity contribution in [1.82, 2.24) is 0 Å². The van der Waals surface area contributed by atoms with Gasteiger partial charge in [-0.25, -0.2) is 0 Å². The normalized spacial score (nSPS) is 9.69. The molecule has 2 nitrogen and oxygen atoms in total. The summed E-state index contributed by atoms with van der Waals surface area (Å²) in [6.07, 6.45) is 0.501. The molecule has 3 heteroatoms. The summed E-state index contributed by atoms with van der Waals surface area (Å²) in [4.78, 5) is 10.9. The summed E-state index contributed by atoms with van der Waals surface area (Å²) in [6, 6.07) is 7.00. The van der Waals surface area contributed by atoms with Gasteiger partial charge in [0.2, 0.25) is 0 Å². The summed E-state index contributed by atoms with van der Waals surface area (Å²) in [5, 5.41) is 0.612. The van der Waals surface area contributed by atoms with Gasteiger partial charge in [-0.1, -0.05) is 24.6 Å². The minimum atomic E-state index is 0.0833. The second-order valence-corrected chi connectivity index (χ2v) is 3.07. The molecule has 0 saturated heterocycles. The zero-order valence-corrected chi connectivity index (χ0v) is 8.17. The van der Waals surface area contributed by atoms with Gasteiger partial charge in [-0.2, -0.15) is 0 Å². The van der Waals surface area contributed by atoms with Crippen molar-refractivity contribution >= 4 is 17.4 Å². The summed E-state index contributed by atoms with van der Waals surface area (Å²) in [6.45, 7) is 1.93. The number of hydrogen-bond acceptors (Lipinski definition) is 2.